The minimum absolute atomic E-state index is 0.0739. The van der Waals surface area contributed by atoms with E-state index in [4.69, 9.17) is 14.6 Å². The topological polar surface area (TPSA) is 72.8 Å². The van der Waals surface area contributed by atoms with E-state index in [0.29, 0.717) is 30.1 Å². The molecule has 0 aliphatic carbocycles. The zero-order valence-electron chi connectivity index (χ0n) is 15.9. The van der Waals surface area contributed by atoms with Crippen molar-refractivity contribution >= 4 is 11.8 Å². The van der Waals surface area contributed by atoms with E-state index in [9.17, 15) is 9.59 Å². The average molecular weight is 388 g/mol. The van der Waals surface area contributed by atoms with Gasteiger partial charge in [-0.25, -0.2) is 4.79 Å². The summed E-state index contributed by atoms with van der Waals surface area (Å²) in [5, 5.41) is 9.16. The minimum Gasteiger partial charge on any atom is -0.492 e. The second kappa shape index (κ2) is 7.80. The minimum atomic E-state index is -0.971. The van der Waals surface area contributed by atoms with Crippen LogP contribution in [0.15, 0.2) is 66.7 Å². The van der Waals surface area contributed by atoms with Crippen molar-refractivity contribution < 1.29 is 24.2 Å². The molecule has 1 aliphatic rings. The molecule has 146 valence electrons. The third-order valence-corrected chi connectivity index (χ3v) is 5.04. The fraction of sp³-hybridized carbons (Fsp3) is 0.167. The number of fused-ring (bicyclic) bond motifs is 1. The first kappa shape index (κ1) is 18.7. The molecule has 3 aromatic rings. The Morgan fingerprint density at radius 1 is 1.00 bits per heavy atom. The van der Waals surface area contributed by atoms with Gasteiger partial charge >= 0.3 is 5.97 Å². The highest BCUT2D eigenvalue weighted by atomic mass is 16.5. The molecule has 3 aromatic carbocycles. The number of carboxylic acid groups (broad SMARTS) is 1. The normalized spacial score (nSPS) is 13.9. The van der Waals surface area contributed by atoms with Crippen molar-refractivity contribution in [3.8, 4) is 11.5 Å². The highest BCUT2D eigenvalue weighted by molar-refractivity contribution is 6.00. The van der Waals surface area contributed by atoms with Gasteiger partial charge in [0.05, 0.1) is 17.7 Å². The Bertz CT molecular complexity index is 1050. The Morgan fingerprint density at radius 3 is 2.38 bits per heavy atom. The van der Waals surface area contributed by atoms with Gasteiger partial charge in [-0.15, -0.1) is 0 Å². The number of carbonyl (C=O) groups excluding carboxylic acids is 1. The van der Waals surface area contributed by atoms with E-state index >= 15 is 0 Å². The van der Waals surface area contributed by atoms with E-state index in [1.54, 1.807) is 36.4 Å². The Morgan fingerprint density at radius 2 is 1.69 bits per heavy atom. The number of aromatic carboxylic acids is 1. The molecule has 0 saturated carbocycles. The van der Waals surface area contributed by atoms with E-state index in [1.807, 2.05) is 37.3 Å². The first-order valence-corrected chi connectivity index (χ1v) is 9.39. The van der Waals surface area contributed by atoms with Crippen molar-refractivity contribution in [2.24, 2.45) is 0 Å². The molecule has 5 heteroatoms. The number of hydrogen-bond donors (Lipinski definition) is 1. The third-order valence-electron chi connectivity index (χ3n) is 5.04. The molecule has 0 radical (unpaired) electrons. The fourth-order valence-corrected chi connectivity index (χ4v) is 3.47. The van der Waals surface area contributed by atoms with Crippen LogP contribution in [0.25, 0.3) is 0 Å². The molecule has 1 atom stereocenters. The van der Waals surface area contributed by atoms with Crippen LogP contribution in [0.2, 0.25) is 0 Å². The second-order valence-electron chi connectivity index (χ2n) is 6.92. The van der Waals surface area contributed by atoms with Gasteiger partial charge in [0.1, 0.15) is 17.6 Å². The lowest BCUT2D eigenvalue weighted by Crippen LogP contribution is -2.17. The van der Waals surface area contributed by atoms with Crippen molar-refractivity contribution in [3.63, 3.8) is 0 Å². The predicted molar refractivity (Wildman–Crippen MR) is 108 cm³/mol. The number of hydrogen-bond acceptors (Lipinski definition) is 4. The lowest BCUT2D eigenvalue weighted by molar-refractivity contribution is 0.0696. The van der Waals surface area contributed by atoms with Crippen molar-refractivity contribution in [2.75, 3.05) is 6.61 Å². The molecule has 5 nitrogen and oxygen atoms in total. The summed E-state index contributed by atoms with van der Waals surface area (Å²) in [4.78, 5) is 23.3. The highest BCUT2D eigenvalue weighted by Crippen LogP contribution is 2.38. The number of ether oxygens (including phenoxy) is 2. The smallest absolute Gasteiger partial charge is 0.335 e. The number of benzene rings is 3. The second-order valence-corrected chi connectivity index (χ2v) is 6.92. The van der Waals surface area contributed by atoms with Crippen LogP contribution in [0.4, 0.5) is 0 Å². The van der Waals surface area contributed by atoms with E-state index < -0.39 is 12.1 Å². The van der Waals surface area contributed by atoms with Crippen molar-refractivity contribution in [1.29, 1.82) is 0 Å². The maximum absolute atomic E-state index is 12.1. The summed E-state index contributed by atoms with van der Waals surface area (Å²) in [5.74, 6) is 0.298. The summed E-state index contributed by atoms with van der Waals surface area (Å²) in [6.07, 6.45) is -0.0510. The number of Topliss-reactive ketones (excluding diaryl/α,β-unsaturated/α-hetero) is 1. The quantitative estimate of drug-likeness (QED) is 0.678. The summed E-state index contributed by atoms with van der Waals surface area (Å²) in [6, 6.07) is 19.9. The summed E-state index contributed by atoms with van der Waals surface area (Å²) < 4.78 is 12.1. The average Bonchev–Trinajstić information content (AvgIpc) is 2.74. The van der Waals surface area contributed by atoms with Crippen LogP contribution >= 0.6 is 0 Å². The van der Waals surface area contributed by atoms with Crippen LogP contribution in [-0.2, 0) is 0 Å². The van der Waals surface area contributed by atoms with Gasteiger partial charge in [0.15, 0.2) is 5.78 Å². The summed E-state index contributed by atoms with van der Waals surface area (Å²) >= 11 is 0. The van der Waals surface area contributed by atoms with Crippen LogP contribution in [0.5, 0.6) is 11.5 Å². The van der Waals surface area contributed by atoms with Gasteiger partial charge < -0.3 is 14.6 Å². The molecule has 0 bridgehead atoms. The van der Waals surface area contributed by atoms with Gasteiger partial charge in [-0.1, -0.05) is 42.5 Å². The van der Waals surface area contributed by atoms with Gasteiger partial charge in [0.2, 0.25) is 0 Å². The van der Waals surface area contributed by atoms with Gasteiger partial charge in [-0.3, -0.25) is 4.79 Å². The van der Waals surface area contributed by atoms with E-state index in [2.05, 4.69) is 0 Å². The molecule has 1 heterocycles. The maximum Gasteiger partial charge on any atom is 0.335 e. The SMILES string of the molecule is Cc1c(OC(c2ccccc2)c2ccc(C(=O)O)cc2)ccc2c1OCCC2=O. The van der Waals surface area contributed by atoms with Crippen LogP contribution in [0, 0.1) is 6.92 Å². The van der Waals surface area contributed by atoms with Gasteiger partial charge in [-0.2, -0.15) is 0 Å². The monoisotopic (exact) mass is 388 g/mol. The summed E-state index contributed by atoms with van der Waals surface area (Å²) in [5.41, 5.74) is 3.35. The largest absolute Gasteiger partial charge is 0.492 e. The van der Waals surface area contributed by atoms with Gasteiger partial charge in [0, 0.05) is 12.0 Å². The molecular formula is C24H20O5. The van der Waals surface area contributed by atoms with E-state index in [-0.39, 0.29) is 11.3 Å². The van der Waals surface area contributed by atoms with Crippen molar-refractivity contribution in [3.05, 3.63) is 94.5 Å². The summed E-state index contributed by atoms with van der Waals surface area (Å²) in [6.45, 7) is 2.25. The molecule has 1 N–H and O–H groups in total. The summed E-state index contributed by atoms with van der Waals surface area (Å²) in [7, 11) is 0. The molecule has 4 rings (SSSR count). The van der Waals surface area contributed by atoms with Crippen LogP contribution in [-0.4, -0.2) is 23.5 Å². The maximum atomic E-state index is 12.1. The standard InChI is InChI=1S/C24H20O5/c1-15-21(12-11-19-20(25)13-14-28-22(15)19)29-23(16-5-3-2-4-6-16)17-7-9-18(10-8-17)24(26)27/h2-12,23H,13-14H2,1H3,(H,26,27). The predicted octanol–water partition coefficient (Wildman–Crippen LogP) is 4.83. The van der Waals surface area contributed by atoms with Gasteiger partial charge in [-0.05, 0) is 42.3 Å². The Labute approximate surface area is 168 Å². The van der Waals surface area contributed by atoms with Crippen LogP contribution < -0.4 is 9.47 Å². The third kappa shape index (κ3) is 3.72. The molecule has 0 aromatic heterocycles. The van der Waals surface area contributed by atoms with E-state index in [1.165, 1.54) is 0 Å². The lowest BCUT2D eigenvalue weighted by atomic mass is 9.99. The zero-order valence-corrected chi connectivity index (χ0v) is 15.9. The first-order chi connectivity index (χ1) is 14.0. The number of carbonyl (C=O) groups is 2. The van der Waals surface area contributed by atoms with E-state index in [0.717, 1.165) is 16.7 Å². The molecule has 0 amide bonds. The van der Waals surface area contributed by atoms with Crippen LogP contribution in [0.1, 0.15) is 49.9 Å². The Kier molecular flexibility index (Phi) is 5.04. The number of rotatable bonds is 5. The molecule has 1 unspecified atom stereocenters. The molecule has 0 fully saturated rings. The molecule has 0 spiro atoms. The first-order valence-electron chi connectivity index (χ1n) is 9.39. The van der Waals surface area contributed by atoms with Crippen LogP contribution in [0.3, 0.4) is 0 Å². The highest BCUT2D eigenvalue weighted by Gasteiger charge is 2.24. The van der Waals surface area contributed by atoms with Crippen molar-refractivity contribution in [1.82, 2.24) is 0 Å². The Hall–Kier alpha value is -3.60. The number of carboxylic acids is 1. The lowest BCUT2D eigenvalue weighted by Gasteiger charge is -2.24. The Balaban J connectivity index is 1.73. The molecular weight excluding hydrogens is 368 g/mol. The number of ketones is 1. The van der Waals surface area contributed by atoms with Crippen molar-refractivity contribution in [2.45, 2.75) is 19.4 Å². The molecule has 1 aliphatic heterocycles. The fourth-order valence-electron chi connectivity index (χ4n) is 3.47. The molecule has 29 heavy (non-hydrogen) atoms. The zero-order chi connectivity index (χ0) is 20.4. The van der Waals surface area contributed by atoms with Gasteiger partial charge in [0.25, 0.3) is 0 Å². The molecule has 0 saturated heterocycles.